The van der Waals surface area contributed by atoms with E-state index in [-0.39, 0.29) is 5.91 Å². The number of thiophene rings is 1. The molecule has 0 radical (unpaired) electrons. The summed E-state index contributed by atoms with van der Waals surface area (Å²) < 4.78 is 5.16. The monoisotopic (exact) mass is 418 g/mol. The lowest BCUT2D eigenvalue weighted by Gasteiger charge is -2.34. The van der Waals surface area contributed by atoms with Crippen molar-refractivity contribution in [2.24, 2.45) is 0 Å². The van der Waals surface area contributed by atoms with Crippen molar-refractivity contribution < 1.29 is 9.32 Å². The van der Waals surface area contributed by atoms with Crippen molar-refractivity contribution in [3.05, 3.63) is 70.9 Å². The van der Waals surface area contributed by atoms with Gasteiger partial charge >= 0.3 is 0 Å². The normalized spacial score (nSPS) is 15.0. The Hall–Kier alpha value is -3.03. The molecule has 6 nitrogen and oxygen atoms in total. The number of carbonyl (C=O) groups excluding carboxylic acids is 1. The fourth-order valence-corrected chi connectivity index (χ4v) is 4.59. The second-order valence-corrected chi connectivity index (χ2v) is 8.49. The Balaban J connectivity index is 1.37. The zero-order valence-corrected chi connectivity index (χ0v) is 17.6. The molecule has 5 rings (SSSR count). The van der Waals surface area contributed by atoms with Gasteiger partial charge in [-0.25, -0.2) is 4.98 Å². The number of benzene rings is 1. The number of piperazine rings is 1. The molecule has 3 aromatic heterocycles. The Kier molecular flexibility index (Phi) is 5.06. The number of rotatable bonds is 4. The van der Waals surface area contributed by atoms with Crippen molar-refractivity contribution >= 4 is 28.1 Å². The predicted octanol–water partition coefficient (Wildman–Crippen LogP) is 4.22. The van der Waals surface area contributed by atoms with Crippen LogP contribution in [-0.4, -0.2) is 52.0 Å². The van der Waals surface area contributed by atoms with E-state index in [0.29, 0.717) is 13.1 Å². The summed E-state index contributed by atoms with van der Waals surface area (Å²) >= 11 is 1.64. The molecule has 1 amide bonds. The van der Waals surface area contributed by atoms with Crippen molar-refractivity contribution in [1.82, 2.24) is 19.9 Å². The largest absolute Gasteiger partial charge is 0.361 e. The average Bonchev–Trinajstić information content (AvgIpc) is 3.45. The second kappa shape index (κ2) is 8.01. The first-order valence-electron chi connectivity index (χ1n) is 10.0. The van der Waals surface area contributed by atoms with Crippen molar-refractivity contribution in [1.29, 1.82) is 0 Å². The van der Waals surface area contributed by atoms with Crippen molar-refractivity contribution in [2.75, 3.05) is 26.2 Å². The molecule has 1 aliphatic rings. The summed E-state index contributed by atoms with van der Waals surface area (Å²) in [7, 11) is 0. The van der Waals surface area contributed by atoms with Crippen LogP contribution in [0.25, 0.3) is 21.5 Å². The number of pyridine rings is 1. The molecular weight excluding hydrogens is 396 g/mol. The van der Waals surface area contributed by atoms with Gasteiger partial charge in [0.25, 0.3) is 5.91 Å². The molecular formula is C23H22N4O2S. The Morgan fingerprint density at radius 2 is 1.93 bits per heavy atom. The molecule has 1 aliphatic heterocycles. The van der Waals surface area contributed by atoms with Crippen molar-refractivity contribution in [2.45, 2.75) is 13.5 Å². The number of hydrogen-bond donors (Lipinski definition) is 0. The molecule has 0 atom stereocenters. The van der Waals surface area contributed by atoms with Gasteiger partial charge in [0.15, 0.2) is 0 Å². The van der Waals surface area contributed by atoms with Gasteiger partial charge in [0.1, 0.15) is 5.76 Å². The van der Waals surface area contributed by atoms with Crippen molar-refractivity contribution in [3.8, 4) is 10.6 Å². The molecule has 7 heteroatoms. The summed E-state index contributed by atoms with van der Waals surface area (Å²) in [4.78, 5) is 23.6. The van der Waals surface area contributed by atoms with Gasteiger partial charge in [-0.2, -0.15) is 0 Å². The molecule has 0 unspecified atom stereocenters. The molecule has 4 aromatic rings. The SMILES string of the molecule is Cc1cc(CN2CCN(C(=O)c3cc(-c4cccs4)nc4ccccc34)CC2)no1. The van der Waals surface area contributed by atoms with Gasteiger partial charge < -0.3 is 9.42 Å². The van der Waals surface area contributed by atoms with Gasteiger partial charge in [0, 0.05) is 44.2 Å². The Morgan fingerprint density at radius 1 is 1.10 bits per heavy atom. The maximum atomic E-state index is 13.5. The average molecular weight is 419 g/mol. The van der Waals surface area contributed by atoms with E-state index in [9.17, 15) is 4.79 Å². The predicted molar refractivity (Wildman–Crippen MR) is 117 cm³/mol. The highest BCUT2D eigenvalue weighted by Crippen LogP contribution is 2.28. The van der Waals surface area contributed by atoms with Gasteiger partial charge in [-0.15, -0.1) is 11.3 Å². The van der Waals surface area contributed by atoms with Crippen LogP contribution in [0.15, 0.2) is 58.4 Å². The van der Waals surface area contributed by atoms with Crippen LogP contribution >= 0.6 is 11.3 Å². The minimum absolute atomic E-state index is 0.0725. The van der Waals surface area contributed by atoms with Crippen LogP contribution < -0.4 is 0 Å². The third-order valence-corrected chi connectivity index (χ3v) is 6.33. The van der Waals surface area contributed by atoms with E-state index in [1.54, 1.807) is 11.3 Å². The van der Waals surface area contributed by atoms with Gasteiger partial charge in [-0.05, 0) is 30.5 Å². The van der Waals surface area contributed by atoms with E-state index >= 15 is 0 Å². The summed E-state index contributed by atoms with van der Waals surface area (Å²) in [6.07, 6.45) is 0. The maximum Gasteiger partial charge on any atom is 0.254 e. The number of hydrogen-bond acceptors (Lipinski definition) is 6. The fraction of sp³-hybridized carbons (Fsp3) is 0.261. The highest BCUT2D eigenvalue weighted by Gasteiger charge is 2.25. The number of carbonyl (C=O) groups is 1. The standard InChI is InChI=1S/C23H22N4O2S/c1-16-13-17(25-29-16)15-26-8-10-27(11-9-26)23(28)19-14-21(22-7-4-12-30-22)24-20-6-3-2-5-18(19)20/h2-7,12-14H,8-11,15H2,1H3. The molecule has 30 heavy (non-hydrogen) atoms. The number of aryl methyl sites for hydroxylation is 1. The number of amides is 1. The fourth-order valence-electron chi connectivity index (χ4n) is 3.90. The molecule has 1 saturated heterocycles. The molecule has 1 aromatic carbocycles. The molecule has 0 N–H and O–H groups in total. The minimum atomic E-state index is 0.0725. The number of nitrogens with zero attached hydrogens (tertiary/aromatic N) is 4. The van der Waals surface area contributed by atoms with E-state index in [4.69, 9.17) is 9.51 Å². The smallest absolute Gasteiger partial charge is 0.254 e. The van der Waals surface area contributed by atoms with Gasteiger partial charge in [-0.1, -0.05) is 29.4 Å². The van der Waals surface area contributed by atoms with Gasteiger partial charge in [-0.3, -0.25) is 9.69 Å². The summed E-state index contributed by atoms with van der Waals surface area (Å²) in [6, 6.07) is 15.8. The first kappa shape index (κ1) is 19.0. The van der Waals surface area contributed by atoms with Crippen LogP contribution in [0.1, 0.15) is 21.8 Å². The number of aromatic nitrogens is 2. The van der Waals surface area contributed by atoms with Crippen LogP contribution in [-0.2, 0) is 6.54 Å². The van der Waals surface area contributed by atoms with E-state index in [2.05, 4.69) is 10.1 Å². The Morgan fingerprint density at radius 3 is 2.67 bits per heavy atom. The molecule has 1 fully saturated rings. The van der Waals surface area contributed by atoms with E-state index in [1.165, 1.54) is 0 Å². The summed E-state index contributed by atoms with van der Waals surface area (Å²) in [5.74, 6) is 0.897. The summed E-state index contributed by atoms with van der Waals surface area (Å²) in [5.41, 5.74) is 3.37. The van der Waals surface area contributed by atoms with Crippen LogP contribution in [0.5, 0.6) is 0 Å². The molecule has 0 bridgehead atoms. The van der Waals surface area contributed by atoms with E-state index < -0.39 is 0 Å². The zero-order valence-electron chi connectivity index (χ0n) is 16.7. The molecule has 152 valence electrons. The Labute approximate surface area is 178 Å². The van der Waals surface area contributed by atoms with Gasteiger partial charge in [0.2, 0.25) is 0 Å². The lowest BCUT2D eigenvalue weighted by molar-refractivity contribution is 0.0627. The second-order valence-electron chi connectivity index (χ2n) is 7.55. The minimum Gasteiger partial charge on any atom is -0.361 e. The maximum absolute atomic E-state index is 13.5. The zero-order chi connectivity index (χ0) is 20.5. The quantitative estimate of drug-likeness (QED) is 0.497. The first-order chi connectivity index (χ1) is 14.7. The molecule has 0 spiro atoms. The van der Waals surface area contributed by atoms with Crippen molar-refractivity contribution in [3.63, 3.8) is 0 Å². The number of fused-ring (bicyclic) bond motifs is 1. The molecule has 0 saturated carbocycles. The third kappa shape index (κ3) is 3.74. The van der Waals surface area contributed by atoms with Crippen LogP contribution in [0.3, 0.4) is 0 Å². The van der Waals surface area contributed by atoms with Crippen LogP contribution in [0.2, 0.25) is 0 Å². The Bertz CT molecular complexity index is 1180. The van der Waals surface area contributed by atoms with Crippen LogP contribution in [0, 0.1) is 6.92 Å². The van der Waals surface area contributed by atoms with Crippen LogP contribution in [0.4, 0.5) is 0 Å². The topological polar surface area (TPSA) is 62.5 Å². The lowest BCUT2D eigenvalue weighted by Crippen LogP contribution is -2.48. The third-order valence-electron chi connectivity index (χ3n) is 5.44. The summed E-state index contributed by atoms with van der Waals surface area (Å²) in [5, 5.41) is 7.01. The molecule has 0 aliphatic carbocycles. The number of para-hydroxylation sites is 1. The van der Waals surface area contributed by atoms with E-state index in [1.807, 2.05) is 65.7 Å². The lowest BCUT2D eigenvalue weighted by atomic mass is 10.1. The first-order valence-corrected chi connectivity index (χ1v) is 10.9. The van der Waals surface area contributed by atoms with Gasteiger partial charge in [0.05, 0.1) is 27.3 Å². The van der Waals surface area contributed by atoms with E-state index in [0.717, 1.165) is 58.1 Å². The summed E-state index contributed by atoms with van der Waals surface area (Å²) in [6.45, 7) is 5.68. The molecule has 4 heterocycles. The highest BCUT2D eigenvalue weighted by molar-refractivity contribution is 7.13. The highest BCUT2D eigenvalue weighted by atomic mass is 32.1.